The molecule has 1 aliphatic carbocycles. The van der Waals surface area contributed by atoms with Crippen molar-refractivity contribution in [1.29, 1.82) is 0 Å². The lowest BCUT2D eigenvalue weighted by Gasteiger charge is -2.38. The number of anilines is 1. The van der Waals surface area contributed by atoms with Crippen molar-refractivity contribution < 1.29 is 9.59 Å². The van der Waals surface area contributed by atoms with Crippen LogP contribution in [0.3, 0.4) is 0 Å². The fourth-order valence-electron chi connectivity index (χ4n) is 6.21. The zero-order valence-electron chi connectivity index (χ0n) is 21.0. The van der Waals surface area contributed by atoms with Crippen LogP contribution in [0.5, 0.6) is 0 Å². The minimum absolute atomic E-state index is 0.0421. The lowest BCUT2D eigenvalue weighted by molar-refractivity contribution is -0.117. The number of carbonyl (C=O) groups is 2. The van der Waals surface area contributed by atoms with Crippen molar-refractivity contribution in [2.75, 3.05) is 19.0 Å². The van der Waals surface area contributed by atoms with E-state index in [0.29, 0.717) is 5.57 Å². The monoisotopic (exact) mass is 475 g/mol. The van der Waals surface area contributed by atoms with E-state index in [0.717, 1.165) is 33.8 Å². The van der Waals surface area contributed by atoms with Crippen LogP contribution in [0.25, 0.3) is 5.57 Å². The van der Waals surface area contributed by atoms with Gasteiger partial charge in [-0.3, -0.25) is 9.69 Å². The third-order valence-electron chi connectivity index (χ3n) is 8.17. The van der Waals surface area contributed by atoms with Crippen LogP contribution >= 0.6 is 0 Å². The van der Waals surface area contributed by atoms with E-state index in [4.69, 9.17) is 0 Å². The number of urea groups is 1. The molecular formula is C31H29N3O2. The van der Waals surface area contributed by atoms with E-state index < -0.39 is 5.41 Å². The maximum Gasteiger partial charge on any atom is 0.325 e. The molecule has 3 aromatic carbocycles. The van der Waals surface area contributed by atoms with Gasteiger partial charge >= 0.3 is 6.03 Å². The fraction of sp³-hybridized carbons (Fsp3) is 0.226. The highest BCUT2D eigenvalue weighted by Crippen LogP contribution is 2.55. The van der Waals surface area contributed by atoms with Crippen LogP contribution in [0, 0.1) is 0 Å². The molecule has 0 radical (unpaired) electrons. The Kier molecular flexibility index (Phi) is 4.94. The molecule has 2 aliphatic heterocycles. The van der Waals surface area contributed by atoms with Crippen LogP contribution < -0.4 is 4.90 Å². The predicted octanol–water partition coefficient (Wildman–Crippen LogP) is 5.77. The third kappa shape index (κ3) is 2.89. The average Bonchev–Trinajstić information content (AvgIpc) is 3.29. The van der Waals surface area contributed by atoms with Crippen molar-refractivity contribution in [1.82, 2.24) is 9.80 Å². The molecule has 1 fully saturated rings. The summed E-state index contributed by atoms with van der Waals surface area (Å²) < 4.78 is 0. The minimum Gasteiger partial charge on any atom is -0.345 e. The first-order valence-electron chi connectivity index (χ1n) is 12.4. The van der Waals surface area contributed by atoms with Gasteiger partial charge in [0, 0.05) is 25.4 Å². The van der Waals surface area contributed by atoms with E-state index in [2.05, 4.69) is 24.0 Å². The average molecular weight is 476 g/mol. The molecule has 2 amide bonds. The molecule has 6 rings (SSSR count). The number of nitrogens with zero attached hydrogens (tertiary/aromatic N) is 3. The van der Waals surface area contributed by atoms with Crippen molar-refractivity contribution in [2.45, 2.75) is 31.3 Å². The molecule has 2 heterocycles. The zero-order chi connectivity index (χ0) is 25.2. The number of ketones is 1. The van der Waals surface area contributed by atoms with Crippen LogP contribution in [0.1, 0.15) is 36.6 Å². The molecule has 36 heavy (non-hydrogen) atoms. The molecule has 3 aromatic rings. The second-order valence-electron chi connectivity index (χ2n) is 10.0. The molecule has 180 valence electrons. The normalized spacial score (nSPS) is 25.3. The second kappa shape index (κ2) is 7.95. The number of likely N-dealkylation sites (N-methyl/N-ethyl adjacent to an activating group) is 2. The van der Waals surface area contributed by atoms with E-state index in [1.165, 1.54) is 0 Å². The second-order valence-corrected chi connectivity index (χ2v) is 10.0. The highest BCUT2D eigenvalue weighted by atomic mass is 16.2. The van der Waals surface area contributed by atoms with Crippen LogP contribution in [-0.4, -0.2) is 41.8 Å². The molecule has 0 saturated carbocycles. The lowest BCUT2D eigenvalue weighted by Crippen LogP contribution is -2.43. The summed E-state index contributed by atoms with van der Waals surface area (Å²) in [6.45, 7) is 4.09. The van der Waals surface area contributed by atoms with Gasteiger partial charge in [0.25, 0.3) is 0 Å². The van der Waals surface area contributed by atoms with Gasteiger partial charge in [-0.2, -0.15) is 0 Å². The van der Waals surface area contributed by atoms with Gasteiger partial charge in [0.1, 0.15) is 0 Å². The Morgan fingerprint density at radius 1 is 0.806 bits per heavy atom. The summed E-state index contributed by atoms with van der Waals surface area (Å²) in [5.74, 6) is 0.0496. The maximum atomic E-state index is 14.3. The SMILES string of the molecule is C[C@H]1[C@@H](c2ccccc2)N(C2=C3N(C)c4ccccc4[C@@]3(C)C(=O)C(c3ccccc3)=C2)C(=O)N1C. The van der Waals surface area contributed by atoms with Gasteiger partial charge in [-0.05, 0) is 42.7 Å². The summed E-state index contributed by atoms with van der Waals surface area (Å²) in [7, 11) is 3.86. The van der Waals surface area contributed by atoms with E-state index in [-0.39, 0.29) is 23.9 Å². The number of amides is 2. The van der Waals surface area contributed by atoms with Crippen LogP contribution in [-0.2, 0) is 10.2 Å². The van der Waals surface area contributed by atoms with Gasteiger partial charge in [-0.1, -0.05) is 78.9 Å². The molecular weight excluding hydrogens is 446 g/mol. The smallest absolute Gasteiger partial charge is 0.325 e. The molecule has 0 aromatic heterocycles. The van der Waals surface area contributed by atoms with E-state index in [1.807, 2.05) is 105 Å². The van der Waals surface area contributed by atoms with Crippen molar-refractivity contribution in [3.63, 3.8) is 0 Å². The number of hydrogen-bond donors (Lipinski definition) is 0. The Hall–Kier alpha value is -4.12. The molecule has 0 spiro atoms. The van der Waals surface area contributed by atoms with Crippen molar-refractivity contribution in [3.05, 3.63) is 119 Å². The first kappa shape index (κ1) is 22.4. The molecule has 0 unspecified atom stereocenters. The molecule has 5 heteroatoms. The van der Waals surface area contributed by atoms with Crippen molar-refractivity contribution >= 4 is 23.1 Å². The summed E-state index contributed by atoms with van der Waals surface area (Å²) in [5, 5.41) is 0. The number of Topliss-reactive ketones (excluding diaryl/α,β-unsaturated/α-hetero) is 1. The largest absolute Gasteiger partial charge is 0.345 e. The Morgan fingerprint density at radius 2 is 1.42 bits per heavy atom. The standard InChI is InChI=1S/C31H29N3O2/c1-20-27(22-15-9-6-10-16-22)34(30(36)32(20)3)26-19-23(21-13-7-5-8-14-21)29(35)31(2)24-17-11-12-18-25(24)33(4)28(26)31/h5-20,27H,1-4H3/t20-,27-,31+/m0/s1. The summed E-state index contributed by atoms with van der Waals surface area (Å²) >= 11 is 0. The highest BCUT2D eigenvalue weighted by molar-refractivity contribution is 6.29. The van der Waals surface area contributed by atoms with E-state index in [9.17, 15) is 9.59 Å². The van der Waals surface area contributed by atoms with Crippen molar-refractivity contribution in [3.8, 4) is 0 Å². The number of carbonyl (C=O) groups excluding carboxylic acids is 2. The topological polar surface area (TPSA) is 43.9 Å². The molecule has 3 atom stereocenters. The third-order valence-corrected chi connectivity index (χ3v) is 8.17. The van der Waals surface area contributed by atoms with E-state index >= 15 is 0 Å². The summed E-state index contributed by atoms with van der Waals surface area (Å²) in [6, 6.07) is 27.7. The summed E-state index contributed by atoms with van der Waals surface area (Å²) in [5.41, 5.74) is 5.24. The van der Waals surface area contributed by atoms with Crippen molar-refractivity contribution in [2.24, 2.45) is 0 Å². The van der Waals surface area contributed by atoms with Crippen LogP contribution in [0.2, 0.25) is 0 Å². The summed E-state index contributed by atoms with van der Waals surface area (Å²) in [4.78, 5) is 34.0. The first-order valence-corrected chi connectivity index (χ1v) is 12.4. The number of fused-ring (bicyclic) bond motifs is 3. The molecule has 5 nitrogen and oxygen atoms in total. The Bertz CT molecular complexity index is 1440. The van der Waals surface area contributed by atoms with Gasteiger partial charge in [-0.15, -0.1) is 0 Å². The molecule has 3 aliphatic rings. The van der Waals surface area contributed by atoms with E-state index in [1.54, 1.807) is 4.90 Å². The van der Waals surface area contributed by atoms with Gasteiger partial charge in [0.2, 0.25) is 0 Å². The Balaban J connectivity index is 1.65. The van der Waals surface area contributed by atoms with Gasteiger partial charge in [-0.25, -0.2) is 4.79 Å². The summed E-state index contributed by atoms with van der Waals surface area (Å²) in [6.07, 6.45) is 1.94. The van der Waals surface area contributed by atoms with Crippen LogP contribution in [0.4, 0.5) is 10.5 Å². The number of benzene rings is 3. The number of rotatable bonds is 3. The first-order chi connectivity index (χ1) is 17.4. The number of allylic oxidation sites excluding steroid dienone is 3. The number of para-hydroxylation sites is 1. The Morgan fingerprint density at radius 3 is 2.11 bits per heavy atom. The maximum absolute atomic E-state index is 14.3. The molecule has 0 bridgehead atoms. The van der Waals surface area contributed by atoms with Gasteiger partial charge in [0.15, 0.2) is 5.78 Å². The molecule has 1 saturated heterocycles. The Labute approximate surface area is 211 Å². The fourth-order valence-corrected chi connectivity index (χ4v) is 6.21. The van der Waals surface area contributed by atoms with Gasteiger partial charge < -0.3 is 9.80 Å². The highest BCUT2D eigenvalue weighted by Gasteiger charge is 2.55. The number of hydrogen-bond acceptors (Lipinski definition) is 3. The lowest BCUT2D eigenvalue weighted by atomic mass is 9.70. The quantitative estimate of drug-likeness (QED) is 0.483. The molecule has 0 N–H and O–H groups in total. The zero-order valence-corrected chi connectivity index (χ0v) is 21.0. The van der Waals surface area contributed by atoms with Crippen LogP contribution in [0.15, 0.2) is 102 Å². The van der Waals surface area contributed by atoms with Gasteiger partial charge in [0.05, 0.1) is 28.9 Å². The minimum atomic E-state index is -0.910. The predicted molar refractivity (Wildman–Crippen MR) is 142 cm³/mol.